The maximum Gasteiger partial charge on any atom is 0 e. The summed E-state index contributed by atoms with van der Waals surface area (Å²) in [7, 11) is 0. The molecule has 0 unspecified atom stereocenters. The average molecular weight is 562 g/mol. The number of allylic oxidation sites excluding steroid dienone is 2. The van der Waals surface area contributed by atoms with Crippen LogP contribution in [0.2, 0.25) is 0 Å². The second-order valence-corrected chi connectivity index (χ2v) is 4.59. The average Bonchev–Trinajstić information content (AvgIpc) is 2.65. The number of hydrogen-bond acceptors (Lipinski definition) is 5. The number of rotatable bonds is 3. The number of nitrogens with zero attached hydrogens (tertiary/aromatic N) is 3. The van der Waals surface area contributed by atoms with Crippen LogP contribution in [0, 0.1) is 14.0 Å². The van der Waals surface area contributed by atoms with E-state index in [0.29, 0.717) is 6.47 Å². The summed E-state index contributed by atoms with van der Waals surface area (Å²) in [5.74, 6) is 0. The Morgan fingerprint density at radius 3 is 2.40 bits per heavy atom. The van der Waals surface area contributed by atoms with Crippen molar-refractivity contribution < 1.29 is 83.8 Å². The van der Waals surface area contributed by atoms with E-state index >= 15 is 0 Å². The summed E-state index contributed by atoms with van der Waals surface area (Å²) in [6, 6.07) is 0. The molecule has 0 saturated heterocycles. The summed E-state index contributed by atoms with van der Waals surface area (Å²) in [6.07, 6.45) is 3.14. The van der Waals surface area contributed by atoms with E-state index in [9.17, 15) is 0 Å². The summed E-state index contributed by atoms with van der Waals surface area (Å²) in [6.45, 7) is 11.6. The number of aliphatic hydroxyl groups excluding tert-OH is 1. The van der Waals surface area contributed by atoms with Crippen molar-refractivity contribution in [3.8, 4) is 0 Å². The Balaban J connectivity index is -0.000000162. The molecule has 0 saturated carbocycles. The van der Waals surface area contributed by atoms with E-state index in [0.717, 1.165) is 14.1 Å². The molecule has 1 rings (SSSR count). The first kappa shape index (κ1) is 28.6. The van der Waals surface area contributed by atoms with Crippen LogP contribution in [0.15, 0.2) is 28.2 Å². The van der Waals surface area contributed by atoms with Gasteiger partial charge >= 0.3 is 96.5 Å². The fourth-order valence-corrected chi connectivity index (χ4v) is 1.46. The molecule has 20 heavy (non-hydrogen) atoms. The SMILES string of the molecule is CC.O=[C-]O.[CH-]=CC=C1[C](=[W])N=NN1O[C](C)=[V].[CH3-].[Y]. The van der Waals surface area contributed by atoms with Crippen LogP contribution in [0.5, 0.6) is 0 Å². The van der Waals surface area contributed by atoms with Crippen LogP contribution in [0.25, 0.3) is 0 Å². The third kappa shape index (κ3) is 13.4. The van der Waals surface area contributed by atoms with Gasteiger partial charge in [-0.1, -0.05) is 20.3 Å². The van der Waals surface area contributed by atoms with Crippen molar-refractivity contribution >= 4 is 14.9 Å². The molecular weight excluding hydrogens is 546 g/mol. The zero-order valence-electron chi connectivity index (χ0n) is 11.8. The molecule has 1 aliphatic heterocycles. The second kappa shape index (κ2) is 19.4. The maximum absolute atomic E-state index is 8.24. The van der Waals surface area contributed by atoms with Crippen molar-refractivity contribution in [3.63, 3.8) is 0 Å². The van der Waals surface area contributed by atoms with Gasteiger partial charge in [0, 0.05) is 32.7 Å². The molecule has 0 fully saturated rings. The monoisotopic (exact) mass is 562 g/mol. The Kier molecular flexibility index (Phi) is 27.7. The topological polar surface area (TPSA) is 74.5 Å². The molecule has 1 radical (unpaired) electrons. The van der Waals surface area contributed by atoms with E-state index in [-0.39, 0.29) is 40.1 Å². The van der Waals surface area contributed by atoms with Gasteiger partial charge in [0.1, 0.15) is 0 Å². The fourth-order valence-electron chi connectivity index (χ4n) is 0.681. The molecule has 0 spiro atoms. The molecule has 0 aromatic carbocycles. The van der Waals surface area contributed by atoms with E-state index in [1.165, 1.54) is 30.6 Å². The second-order valence-electron chi connectivity index (χ2n) is 2.21. The van der Waals surface area contributed by atoms with Crippen molar-refractivity contribution in [1.82, 2.24) is 5.17 Å². The smallest absolute Gasteiger partial charge is 0 e. The van der Waals surface area contributed by atoms with Crippen LogP contribution in [0.4, 0.5) is 0 Å². The summed E-state index contributed by atoms with van der Waals surface area (Å²) < 4.78 is 1.59. The molecule has 0 aromatic heterocycles. The Hall–Kier alpha value is 0.427. The molecule has 110 valence electrons. The van der Waals surface area contributed by atoms with Gasteiger partial charge in [-0.3, -0.25) is 0 Å². The maximum atomic E-state index is 8.24. The minimum Gasteiger partial charge on any atom is -0.358 e. The van der Waals surface area contributed by atoms with Gasteiger partial charge in [0.25, 0.3) is 0 Å². The Labute approximate surface area is 165 Å². The van der Waals surface area contributed by atoms with Gasteiger partial charge in [-0.05, 0) is 0 Å². The van der Waals surface area contributed by atoms with Gasteiger partial charge in [-0.15, -0.1) is 0 Å². The first-order valence-electron chi connectivity index (χ1n) is 4.79. The van der Waals surface area contributed by atoms with Crippen molar-refractivity contribution in [1.29, 1.82) is 0 Å². The Bertz CT molecular complexity index is 376. The van der Waals surface area contributed by atoms with Crippen molar-refractivity contribution in [2.24, 2.45) is 10.3 Å². The van der Waals surface area contributed by atoms with Crippen molar-refractivity contribution in [2.45, 2.75) is 20.8 Å². The fraction of sp³-hybridized carbons (Fsp3) is 0.273. The molecule has 0 aromatic rings. The van der Waals surface area contributed by atoms with Crippen molar-refractivity contribution in [3.05, 3.63) is 31.9 Å². The predicted octanol–water partition coefficient (Wildman–Crippen LogP) is 1.93. The summed E-state index contributed by atoms with van der Waals surface area (Å²) >= 11 is 3.51. The van der Waals surface area contributed by atoms with Gasteiger partial charge < -0.3 is 17.3 Å². The molecule has 1 N–H and O–H groups in total. The third-order valence-electron chi connectivity index (χ3n) is 1.11. The quantitative estimate of drug-likeness (QED) is 0.535. The molecule has 0 bridgehead atoms. The number of hydrogen-bond donors (Lipinski definition) is 1. The van der Waals surface area contributed by atoms with Gasteiger partial charge in [-0.2, -0.15) is 0 Å². The van der Waals surface area contributed by atoms with Crippen LogP contribution in [0.1, 0.15) is 20.8 Å². The zero-order valence-corrected chi connectivity index (χ0v) is 18.9. The molecule has 1 heterocycles. The Morgan fingerprint density at radius 2 is 2.05 bits per heavy atom. The van der Waals surface area contributed by atoms with Crippen molar-refractivity contribution in [2.75, 3.05) is 0 Å². The van der Waals surface area contributed by atoms with E-state index in [1.807, 2.05) is 20.8 Å². The van der Waals surface area contributed by atoms with Crippen LogP contribution >= 0.6 is 0 Å². The molecule has 0 atom stereocenters. The molecular formula is C11H16N3O3VWY-3. The van der Waals surface area contributed by atoms with Crippen LogP contribution < -0.4 is 0 Å². The van der Waals surface area contributed by atoms with Crippen LogP contribution in [-0.4, -0.2) is 25.2 Å². The predicted molar refractivity (Wildman–Crippen MR) is 66.5 cm³/mol. The van der Waals surface area contributed by atoms with Gasteiger partial charge in [-0.25, -0.2) is 0 Å². The first-order valence-corrected chi connectivity index (χ1v) is 6.96. The summed E-state index contributed by atoms with van der Waals surface area (Å²) in [5, 5.41) is 15.8. The first-order chi connectivity index (χ1) is 8.56. The van der Waals surface area contributed by atoms with Gasteiger partial charge in [0.2, 0.25) is 0 Å². The summed E-state index contributed by atoms with van der Waals surface area (Å²) in [5.41, 5.74) is 0.780. The minimum absolute atomic E-state index is 0. The van der Waals surface area contributed by atoms with Crippen LogP contribution in [-0.2, 0) is 78.7 Å². The zero-order chi connectivity index (χ0) is 14.6. The van der Waals surface area contributed by atoms with E-state index in [2.05, 4.69) is 27.3 Å². The normalized spacial score (nSPS) is 12.8. The molecule has 0 aliphatic carbocycles. The van der Waals surface area contributed by atoms with Crippen LogP contribution in [0.3, 0.4) is 0 Å². The van der Waals surface area contributed by atoms with E-state index in [4.69, 9.17) is 21.3 Å². The summed E-state index contributed by atoms with van der Waals surface area (Å²) in [4.78, 5) is 13.5. The third-order valence-corrected chi connectivity index (χ3v) is 2.29. The molecule has 6 nitrogen and oxygen atoms in total. The molecule has 0 amide bonds. The standard InChI is InChI=1S/C7H6N3O.C2H6.CHO2.CH3.V.W.Y/c1-3-5-7-6-8-9-10(7)11-4-2;1-2;2-1-3;;;;/h1,3,5H,2H3;1-2H3;(H,2,3);1H3;;;/q-1;;2*-1;;;. The van der Waals surface area contributed by atoms with E-state index < -0.39 is 0 Å². The molecule has 1 aliphatic rings. The van der Waals surface area contributed by atoms with E-state index in [1.54, 1.807) is 6.08 Å². The molecule has 9 heteroatoms. The van der Waals surface area contributed by atoms with Gasteiger partial charge in [0.15, 0.2) is 0 Å². The number of hydroxylamine groups is 1. The van der Waals surface area contributed by atoms with Gasteiger partial charge in [0.05, 0.1) is 0 Å². The largest absolute Gasteiger partial charge is 0.358 e. The minimum atomic E-state index is 0. The Morgan fingerprint density at radius 1 is 1.60 bits per heavy atom.